The molecule has 3 rings (SSSR count). The van der Waals surface area contributed by atoms with Gasteiger partial charge in [-0.1, -0.05) is 18.2 Å². The lowest BCUT2D eigenvalue weighted by molar-refractivity contribution is -0.125. The van der Waals surface area contributed by atoms with Gasteiger partial charge in [0, 0.05) is 31.3 Å². The van der Waals surface area contributed by atoms with Gasteiger partial charge in [-0.3, -0.25) is 4.79 Å². The van der Waals surface area contributed by atoms with Crippen LogP contribution in [0.15, 0.2) is 30.3 Å². The first kappa shape index (κ1) is 15.5. The van der Waals surface area contributed by atoms with E-state index >= 15 is 0 Å². The summed E-state index contributed by atoms with van der Waals surface area (Å²) in [6.45, 7) is 2.44. The molecular formula is C18H26N2O2. The van der Waals surface area contributed by atoms with E-state index in [1.165, 1.54) is 0 Å². The van der Waals surface area contributed by atoms with E-state index in [0.29, 0.717) is 6.04 Å². The Kier molecular flexibility index (Phi) is 4.50. The molecule has 22 heavy (non-hydrogen) atoms. The Hall–Kier alpha value is -1.39. The van der Waals surface area contributed by atoms with Gasteiger partial charge in [0.25, 0.3) is 5.91 Å². The zero-order chi connectivity index (χ0) is 15.6. The van der Waals surface area contributed by atoms with Gasteiger partial charge in [0.2, 0.25) is 0 Å². The molecular weight excluding hydrogens is 276 g/mol. The quantitative estimate of drug-likeness (QED) is 0.841. The van der Waals surface area contributed by atoms with Gasteiger partial charge < -0.3 is 14.5 Å². The smallest absolute Gasteiger partial charge is 0.253 e. The van der Waals surface area contributed by atoms with Crippen molar-refractivity contribution in [3.05, 3.63) is 35.9 Å². The minimum absolute atomic E-state index is 0.0132. The van der Waals surface area contributed by atoms with E-state index in [4.69, 9.17) is 4.74 Å². The van der Waals surface area contributed by atoms with Crippen LogP contribution in [-0.2, 0) is 4.74 Å². The van der Waals surface area contributed by atoms with Crippen molar-refractivity contribution >= 4 is 5.91 Å². The highest BCUT2D eigenvalue weighted by atomic mass is 16.5. The van der Waals surface area contributed by atoms with Gasteiger partial charge >= 0.3 is 0 Å². The molecule has 1 aromatic rings. The van der Waals surface area contributed by atoms with E-state index in [1.807, 2.05) is 35.2 Å². The SMILES string of the molecule is CN(C)[C@H]1CCOC2(CCN(C(=O)c3ccccc3)CC2)C1. The summed E-state index contributed by atoms with van der Waals surface area (Å²) in [6, 6.07) is 10.2. The summed E-state index contributed by atoms with van der Waals surface area (Å²) in [7, 11) is 4.30. The molecule has 1 amide bonds. The summed E-state index contributed by atoms with van der Waals surface area (Å²) in [5.74, 6) is 0.149. The fraction of sp³-hybridized carbons (Fsp3) is 0.611. The zero-order valence-electron chi connectivity index (χ0n) is 13.6. The third-order valence-electron chi connectivity index (χ3n) is 5.18. The number of benzene rings is 1. The van der Waals surface area contributed by atoms with Gasteiger partial charge in [-0.15, -0.1) is 0 Å². The third kappa shape index (κ3) is 3.18. The molecule has 2 aliphatic rings. The molecule has 1 aromatic carbocycles. The average Bonchev–Trinajstić information content (AvgIpc) is 2.56. The van der Waals surface area contributed by atoms with Crippen molar-refractivity contribution in [3.63, 3.8) is 0 Å². The normalized spacial score (nSPS) is 24.7. The molecule has 0 aliphatic carbocycles. The van der Waals surface area contributed by atoms with Crippen LogP contribution < -0.4 is 0 Å². The van der Waals surface area contributed by atoms with Crippen LogP contribution >= 0.6 is 0 Å². The summed E-state index contributed by atoms with van der Waals surface area (Å²) >= 11 is 0. The maximum atomic E-state index is 12.5. The van der Waals surface area contributed by atoms with Crippen molar-refractivity contribution in [2.24, 2.45) is 0 Å². The lowest BCUT2D eigenvalue weighted by atomic mass is 9.82. The van der Waals surface area contributed by atoms with Crippen LogP contribution in [0.4, 0.5) is 0 Å². The van der Waals surface area contributed by atoms with E-state index in [2.05, 4.69) is 19.0 Å². The van der Waals surface area contributed by atoms with Crippen LogP contribution in [0, 0.1) is 0 Å². The molecule has 2 heterocycles. The van der Waals surface area contributed by atoms with Crippen molar-refractivity contribution in [2.45, 2.75) is 37.3 Å². The van der Waals surface area contributed by atoms with E-state index in [-0.39, 0.29) is 11.5 Å². The molecule has 4 nitrogen and oxygen atoms in total. The summed E-state index contributed by atoms with van der Waals surface area (Å²) in [4.78, 5) is 16.8. The Balaban J connectivity index is 1.61. The Morgan fingerprint density at radius 1 is 1.23 bits per heavy atom. The second kappa shape index (κ2) is 6.39. The molecule has 120 valence electrons. The average molecular weight is 302 g/mol. The van der Waals surface area contributed by atoms with Crippen LogP contribution in [0.3, 0.4) is 0 Å². The molecule has 0 unspecified atom stereocenters. The van der Waals surface area contributed by atoms with Crippen LogP contribution in [0.25, 0.3) is 0 Å². The van der Waals surface area contributed by atoms with E-state index in [1.54, 1.807) is 0 Å². The van der Waals surface area contributed by atoms with E-state index < -0.39 is 0 Å². The van der Waals surface area contributed by atoms with Crippen molar-refractivity contribution in [1.29, 1.82) is 0 Å². The van der Waals surface area contributed by atoms with Crippen LogP contribution in [0.5, 0.6) is 0 Å². The highest BCUT2D eigenvalue weighted by Gasteiger charge is 2.41. The van der Waals surface area contributed by atoms with Crippen molar-refractivity contribution in [2.75, 3.05) is 33.8 Å². The van der Waals surface area contributed by atoms with Crippen molar-refractivity contribution in [3.8, 4) is 0 Å². The number of amides is 1. The first-order valence-corrected chi connectivity index (χ1v) is 8.24. The van der Waals surface area contributed by atoms with Gasteiger partial charge in [0.05, 0.1) is 5.60 Å². The molecule has 1 atom stereocenters. The molecule has 0 N–H and O–H groups in total. The number of carbonyl (C=O) groups excluding carboxylic acids is 1. The second-order valence-electron chi connectivity index (χ2n) is 6.80. The number of hydrogen-bond donors (Lipinski definition) is 0. The number of nitrogens with zero attached hydrogens (tertiary/aromatic N) is 2. The first-order valence-electron chi connectivity index (χ1n) is 8.24. The first-order chi connectivity index (χ1) is 10.6. The number of ether oxygens (including phenoxy) is 1. The zero-order valence-corrected chi connectivity index (χ0v) is 13.6. The minimum Gasteiger partial charge on any atom is -0.375 e. The second-order valence-corrected chi connectivity index (χ2v) is 6.80. The summed E-state index contributed by atoms with van der Waals surface area (Å²) in [6.07, 6.45) is 4.11. The molecule has 4 heteroatoms. The minimum atomic E-state index is -0.0132. The lowest BCUT2D eigenvalue weighted by Gasteiger charge is -2.47. The summed E-state index contributed by atoms with van der Waals surface area (Å²) in [5, 5.41) is 0. The molecule has 1 spiro atoms. The molecule has 2 fully saturated rings. The van der Waals surface area contributed by atoms with E-state index in [0.717, 1.165) is 50.9 Å². The highest BCUT2D eigenvalue weighted by molar-refractivity contribution is 5.94. The number of rotatable bonds is 2. The maximum Gasteiger partial charge on any atom is 0.253 e. The molecule has 0 aromatic heterocycles. The van der Waals surface area contributed by atoms with Gasteiger partial charge in [-0.05, 0) is 51.9 Å². The van der Waals surface area contributed by atoms with Crippen LogP contribution in [-0.4, -0.2) is 61.1 Å². The maximum absolute atomic E-state index is 12.5. The summed E-state index contributed by atoms with van der Waals surface area (Å²) in [5.41, 5.74) is 0.773. The standard InChI is InChI=1S/C18H26N2O2/c1-19(2)16-8-13-22-18(14-16)9-11-20(12-10-18)17(21)15-6-4-3-5-7-15/h3-7,16H,8-14H2,1-2H3/t16-/m0/s1. The fourth-order valence-electron chi connectivity index (χ4n) is 3.67. The van der Waals surface area contributed by atoms with Crippen LogP contribution in [0.2, 0.25) is 0 Å². The predicted molar refractivity (Wildman–Crippen MR) is 87.0 cm³/mol. The van der Waals surface area contributed by atoms with Crippen molar-refractivity contribution in [1.82, 2.24) is 9.80 Å². The monoisotopic (exact) mass is 302 g/mol. The van der Waals surface area contributed by atoms with Crippen molar-refractivity contribution < 1.29 is 9.53 Å². The van der Waals surface area contributed by atoms with E-state index in [9.17, 15) is 4.79 Å². The lowest BCUT2D eigenvalue weighted by Crippen LogP contribution is -2.53. The Morgan fingerprint density at radius 2 is 1.91 bits per heavy atom. The molecule has 0 radical (unpaired) electrons. The molecule has 2 aliphatic heterocycles. The molecule has 0 saturated carbocycles. The Bertz CT molecular complexity index is 507. The van der Waals surface area contributed by atoms with Gasteiger partial charge in [-0.2, -0.15) is 0 Å². The molecule has 0 bridgehead atoms. The Morgan fingerprint density at radius 3 is 2.55 bits per heavy atom. The summed E-state index contributed by atoms with van der Waals surface area (Å²) < 4.78 is 6.16. The third-order valence-corrected chi connectivity index (χ3v) is 5.18. The fourth-order valence-corrected chi connectivity index (χ4v) is 3.67. The van der Waals surface area contributed by atoms with Gasteiger partial charge in [-0.25, -0.2) is 0 Å². The molecule has 2 saturated heterocycles. The van der Waals surface area contributed by atoms with Gasteiger partial charge in [0.15, 0.2) is 0 Å². The van der Waals surface area contributed by atoms with Crippen LogP contribution in [0.1, 0.15) is 36.0 Å². The highest BCUT2D eigenvalue weighted by Crippen LogP contribution is 2.36. The topological polar surface area (TPSA) is 32.8 Å². The number of hydrogen-bond acceptors (Lipinski definition) is 3. The Labute approximate surface area is 133 Å². The number of carbonyl (C=O) groups is 1. The number of piperidine rings is 1. The predicted octanol–water partition coefficient (Wildman–Crippen LogP) is 2.40. The van der Waals surface area contributed by atoms with Gasteiger partial charge in [0.1, 0.15) is 0 Å². The largest absolute Gasteiger partial charge is 0.375 e. The number of likely N-dealkylation sites (tertiary alicyclic amines) is 1.